The van der Waals surface area contributed by atoms with Gasteiger partial charge in [-0.05, 0) is 68.1 Å². The number of carbonyl (C=O) groups excluding carboxylic acids is 5. The Balaban J connectivity index is 1.45. The topological polar surface area (TPSA) is 220 Å². The minimum Gasteiger partial charge on any atom is -0.496 e. The fraction of sp³-hybridized carbons (Fsp3) is 0.400. The standard InChI is InChI=1S/C40H48N6O11/c1-23(2)35-38(51)42-20-26-28(54-4)13-10-14-29(26)56-32-19-25(15-16-31(32)55-5)37(50)41-17-8-9-18-45(21-33(48)43-36(24(3)47)39(52)44-35)34(49)22-46-27-11-6-7-12-30(27)57-40(46)53/h6-7,10-16,19,23-24,35-36,47H,8-9,17-18,20-22H2,1-5H3,(H,41,50)(H,42,51)(H,43,48)(H,44,52)/t24-,35-,36+/m1/s1. The lowest BCUT2D eigenvalue weighted by Gasteiger charge is -2.28. The van der Waals surface area contributed by atoms with Crippen molar-refractivity contribution in [1.82, 2.24) is 30.7 Å². The molecule has 0 fully saturated rings. The molecule has 3 atom stereocenters. The molecule has 0 saturated heterocycles. The van der Waals surface area contributed by atoms with Gasteiger partial charge in [0.05, 0.1) is 44.5 Å². The number of fused-ring (bicyclic) bond motifs is 4. The summed E-state index contributed by atoms with van der Waals surface area (Å²) >= 11 is 0. The van der Waals surface area contributed by atoms with E-state index in [-0.39, 0.29) is 36.5 Å². The van der Waals surface area contributed by atoms with Crippen LogP contribution in [0.2, 0.25) is 0 Å². The van der Waals surface area contributed by atoms with Crippen molar-refractivity contribution in [3.63, 3.8) is 0 Å². The zero-order valence-corrected chi connectivity index (χ0v) is 32.5. The van der Waals surface area contributed by atoms with E-state index in [4.69, 9.17) is 18.6 Å². The first-order chi connectivity index (χ1) is 27.3. The number of rotatable bonds is 6. The first kappa shape index (κ1) is 41.8. The van der Waals surface area contributed by atoms with Crippen LogP contribution in [-0.4, -0.2) is 96.2 Å². The zero-order valence-electron chi connectivity index (χ0n) is 32.5. The minimum absolute atomic E-state index is 0.0389. The van der Waals surface area contributed by atoms with Crippen molar-refractivity contribution in [1.29, 1.82) is 0 Å². The van der Waals surface area contributed by atoms with Gasteiger partial charge in [-0.2, -0.15) is 0 Å². The highest BCUT2D eigenvalue weighted by Crippen LogP contribution is 2.37. The number of aliphatic hydroxyl groups is 1. The number of aromatic nitrogens is 1. The summed E-state index contributed by atoms with van der Waals surface area (Å²) in [4.78, 5) is 81.7. The molecule has 5 rings (SSSR count). The maximum absolute atomic E-state index is 13.7. The van der Waals surface area contributed by atoms with Gasteiger partial charge in [0.2, 0.25) is 23.6 Å². The summed E-state index contributed by atoms with van der Waals surface area (Å²) in [5, 5.41) is 21.5. The van der Waals surface area contributed by atoms with Gasteiger partial charge in [0.15, 0.2) is 17.1 Å². The third-order valence-electron chi connectivity index (χ3n) is 9.42. The van der Waals surface area contributed by atoms with E-state index >= 15 is 0 Å². The van der Waals surface area contributed by atoms with Crippen LogP contribution in [0.1, 0.15) is 49.5 Å². The molecule has 1 aromatic heterocycles. The molecule has 5 amide bonds. The van der Waals surface area contributed by atoms with Gasteiger partial charge in [0.1, 0.15) is 30.1 Å². The Kier molecular flexibility index (Phi) is 13.9. The van der Waals surface area contributed by atoms with Gasteiger partial charge < -0.3 is 49.9 Å². The molecule has 0 unspecified atom stereocenters. The molecule has 0 saturated carbocycles. The number of aliphatic hydroxyl groups excluding tert-OH is 1. The number of nitrogens with one attached hydrogen (secondary N) is 4. The number of benzene rings is 3. The molecular formula is C40H48N6O11. The number of amides is 5. The van der Waals surface area contributed by atoms with Crippen molar-refractivity contribution in [3.05, 3.63) is 82.3 Å². The van der Waals surface area contributed by atoms with E-state index in [0.717, 1.165) is 4.57 Å². The van der Waals surface area contributed by atoms with Crippen LogP contribution in [0.3, 0.4) is 0 Å². The largest absolute Gasteiger partial charge is 0.496 e. The number of oxazole rings is 1. The minimum atomic E-state index is -1.50. The maximum Gasteiger partial charge on any atom is 0.420 e. The van der Waals surface area contributed by atoms with Crippen LogP contribution in [0, 0.1) is 5.92 Å². The van der Waals surface area contributed by atoms with E-state index in [0.29, 0.717) is 41.2 Å². The van der Waals surface area contributed by atoms with Gasteiger partial charge in [-0.3, -0.25) is 28.5 Å². The van der Waals surface area contributed by atoms with Crippen molar-refractivity contribution in [2.75, 3.05) is 33.9 Å². The number of hydrogen-bond donors (Lipinski definition) is 5. The van der Waals surface area contributed by atoms with Crippen molar-refractivity contribution in [2.24, 2.45) is 5.92 Å². The van der Waals surface area contributed by atoms with Crippen molar-refractivity contribution in [3.8, 4) is 23.0 Å². The normalized spacial score (nSPS) is 18.3. The monoisotopic (exact) mass is 788 g/mol. The number of hydrogen-bond acceptors (Lipinski definition) is 11. The van der Waals surface area contributed by atoms with Crippen molar-refractivity contribution < 1.29 is 47.7 Å². The molecule has 1 aliphatic heterocycles. The summed E-state index contributed by atoms with van der Waals surface area (Å²) in [7, 11) is 2.92. The Morgan fingerprint density at radius 3 is 2.33 bits per heavy atom. The summed E-state index contributed by atoms with van der Waals surface area (Å²) in [6.45, 7) is 3.93. The summed E-state index contributed by atoms with van der Waals surface area (Å²) in [6.07, 6.45) is -0.665. The lowest BCUT2D eigenvalue weighted by atomic mass is 10.0. The zero-order chi connectivity index (χ0) is 41.2. The highest BCUT2D eigenvalue weighted by molar-refractivity contribution is 5.95. The molecule has 1 aliphatic rings. The third kappa shape index (κ3) is 10.3. The van der Waals surface area contributed by atoms with Crippen LogP contribution >= 0.6 is 0 Å². The van der Waals surface area contributed by atoms with Gasteiger partial charge in [-0.25, -0.2) is 4.79 Å². The van der Waals surface area contributed by atoms with Gasteiger partial charge in [0, 0.05) is 18.7 Å². The van der Waals surface area contributed by atoms with E-state index in [9.17, 15) is 33.9 Å². The lowest BCUT2D eigenvalue weighted by Crippen LogP contribution is -2.59. The fourth-order valence-electron chi connectivity index (χ4n) is 6.31. The Hall–Kier alpha value is -6.36. The van der Waals surface area contributed by atoms with E-state index in [1.807, 2.05) is 0 Å². The quantitative estimate of drug-likeness (QED) is 0.191. The van der Waals surface area contributed by atoms with Crippen LogP contribution in [0.5, 0.6) is 23.0 Å². The van der Waals surface area contributed by atoms with Crippen LogP contribution in [0.15, 0.2) is 69.9 Å². The van der Waals surface area contributed by atoms with Crippen LogP contribution < -0.4 is 41.2 Å². The number of para-hydroxylation sites is 2. The van der Waals surface area contributed by atoms with E-state index < -0.39 is 72.5 Å². The average Bonchev–Trinajstić information content (AvgIpc) is 3.50. The molecule has 304 valence electrons. The number of carbonyl (C=O) groups is 5. The second-order valence-corrected chi connectivity index (χ2v) is 13.8. The molecule has 0 aliphatic carbocycles. The van der Waals surface area contributed by atoms with E-state index in [2.05, 4.69) is 21.3 Å². The molecule has 0 spiro atoms. The second-order valence-electron chi connectivity index (χ2n) is 13.8. The summed E-state index contributed by atoms with van der Waals surface area (Å²) in [5.74, 6) is -3.10. The molecule has 57 heavy (non-hydrogen) atoms. The van der Waals surface area contributed by atoms with Crippen LogP contribution in [-0.2, 0) is 32.3 Å². The molecular weight excluding hydrogens is 740 g/mol. The second kappa shape index (κ2) is 19.0. The van der Waals surface area contributed by atoms with Gasteiger partial charge in [-0.15, -0.1) is 0 Å². The van der Waals surface area contributed by atoms with Gasteiger partial charge >= 0.3 is 5.76 Å². The van der Waals surface area contributed by atoms with Crippen LogP contribution in [0.25, 0.3) is 11.1 Å². The molecule has 2 heterocycles. The Morgan fingerprint density at radius 2 is 1.61 bits per heavy atom. The maximum atomic E-state index is 13.7. The summed E-state index contributed by atoms with van der Waals surface area (Å²) in [6, 6.07) is 13.7. The fourth-order valence-corrected chi connectivity index (χ4v) is 6.31. The first-order valence-corrected chi connectivity index (χ1v) is 18.5. The molecule has 17 heteroatoms. The average molecular weight is 789 g/mol. The molecule has 4 aromatic rings. The number of ether oxygens (including phenoxy) is 3. The molecule has 5 N–H and O–H groups in total. The summed E-state index contributed by atoms with van der Waals surface area (Å²) < 4.78 is 23.8. The Morgan fingerprint density at radius 1 is 0.860 bits per heavy atom. The van der Waals surface area contributed by atoms with Crippen molar-refractivity contribution in [2.45, 2.75) is 64.9 Å². The highest BCUT2D eigenvalue weighted by atomic mass is 16.5. The Bertz CT molecular complexity index is 2160. The van der Waals surface area contributed by atoms with Gasteiger partial charge in [0.25, 0.3) is 5.91 Å². The molecule has 2 bridgehead atoms. The number of methoxy groups -OCH3 is 2. The lowest BCUT2D eigenvalue weighted by molar-refractivity contribution is -0.139. The molecule has 17 nitrogen and oxygen atoms in total. The third-order valence-corrected chi connectivity index (χ3v) is 9.42. The SMILES string of the molecule is COc1ccc2cc1Oc1cccc(OC)c1CNC(=O)[C@@H](C(C)C)NC(=O)[C@H]([C@@H](C)O)NC(=O)CN(C(=O)Cn1c(=O)oc3ccccc31)CCCCNC2=O. The van der Waals surface area contributed by atoms with Gasteiger partial charge in [-0.1, -0.05) is 32.0 Å². The van der Waals surface area contributed by atoms with Crippen molar-refractivity contribution >= 4 is 40.6 Å². The predicted molar refractivity (Wildman–Crippen MR) is 207 cm³/mol. The number of nitrogens with zero attached hydrogens (tertiary/aromatic N) is 2. The van der Waals surface area contributed by atoms with E-state index in [1.165, 1.54) is 32.1 Å². The smallest absolute Gasteiger partial charge is 0.420 e. The molecule has 0 radical (unpaired) electrons. The van der Waals surface area contributed by atoms with Crippen LogP contribution in [0.4, 0.5) is 0 Å². The van der Waals surface area contributed by atoms with E-state index in [1.54, 1.807) is 68.4 Å². The molecule has 3 aromatic carbocycles. The predicted octanol–water partition coefficient (Wildman–Crippen LogP) is 2.08. The highest BCUT2D eigenvalue weighted by Gasteiger charge is 2.32. The summed E-state index contributed by atoms with van der Waals surface area (Å²) in [5.41, 5.74) is 1.41. The Labute approximate surface area is 328 Å². The first-order valence-electron chi connectivity index (χ1n) is 18.5.